The minimum atomic E-state index is -4.37. The van der Waals surface area contributed by atoms with E-state index in [1.165, 1.54) is 12.1 Å². The summed E-state index contributed by atoms with van der Waals surface area (Å²) >= 11 is 0. The first-order valence-corrected chi connectivity index (χ1v) is 13.1. The van der Waals surface area contributed by atoms with Crippen LogP contribution in [0.2, 0.25) is 0 Å². The number of carbonyl (C=O) groups is 1. The van der Waals surface area contributed by atoms with Gasteiger partial charge in [-0.2, -0.15) is 18.6 Å². The van der Waals surface area contributed by atoms with Crippen LogP contribution in [-0.4, -0.2) is 12.2 Å². The zero-order valence-corrected chi connectivity index (χ0v) is 23.2. The fraction of sp³-hybridized carbons (Fsp3) is 0.367. The van der Waals surface area contributed by atoms with Gasteiger partial charge in [0.25, 0.3) is 5.91 Å². The van der Waals surface area contributed by atoms with Crippen molar-refractivity contribution in [1.82, 2.24) is 16.3 Å². The molecule has 0 aromatic heterocycles. The van der Waals surface area contributed by atoms with Gasteiger partial charge in [-0.05, 0) is 96.3 Å². The highest BCUT2D eigenvalue weighted by Gasteiger charge is 2.30. The summed E-state index contributed by atoms with van der Waals surface area (Å²) in [5.74, 6) is 0.389. The first-order valence-electron chi connectivity index (χ1n) is 13.1. The number of nitrogens with zero attached hydrogens (tertiary/aromatic N) is 2. The minimum Gasteiger partial charge on any atom is -0.486 e. The third kappa shape index (κ3) is 7.38. The second kappa shape index (κ2) is 11.7. The standard InChI is InChI=1S/C30H34F3N5O2/c1-18-16-24(17-19(2)26(18)21-10-12-23(13-11-21)30(31,32)33)40-25(14-15-29(3,4)5)20-6-8-22(9-7-20)27(39)34-28-35-37-38-36-28/h6-13,16-17,25,28H,14-15H2,1-5H3,(H,34,39)(H,35,38)(H,36,37). The van der Waals surface area contributed by atoms with Crippen molar-refractivity contribution in [3.63, 3.8) is 0 Å². The summed E-state index contributed by atoms with van der Waals surface area (Å²) in [6.45, 7) is 10.4. The molecule has 0 aliphatic carbocycles. The van der Waals surface area contributed by atoms with E-state index in [1.807, 2.05) is 38.1 Å². The second-order valence-electron chi connectivity index (χ2n) is 11.2. The number of amides is 1. The zero-order valence-electron chi connectivity index (χ0n) is 23.2. The number of benzene rings is 3. The number of ether oxygens (including phenoxy) is 1. The maximum absolute atomic E-state index is 13.0. The molecule has 212 valence electrons. The number of alkyl halides is 3. The molecule has 4 rings (SSSR count). The maximum Gasteiger partial charge on any atom is 0.416 e. The van der Waals surface area contributed by atoms with E-state index in [4.69, 9.17) is 4.74 Å². The lowest BCUT2D eigenvalue weighted by Gasteiger charge is -2.25. The van der Waals surface area contributed by atoms with E-state index in [9.17, 15) is 18.0 Å². The lowest BCUT2D eigenvalue weighted by molar-refractivity contribution is -0.137. The summed E-state index contributed by atoms with van der Waals surface area (Å²) in [6, 6.07) is 16.3. The molecule has 3 N–H and O–H groups in total. The molecule has 0 saturated heterocycles. The van der Waals surface area contributed by atoms with Gasteiger partial charge in [0.1, 0.15) is 11.9 Å². The van der Waals surface area contributed by atoms with Crippen LogP contribution in [0, 0.1) is 19.3 Å². The number of hydrazine groups is 1. The monoisotopic (exact) mass is 553 g/mol. The van der Waals surface area contributed by atoms with E-state index in [0.717, 1.165) is 52.8 Å². The molecule has 0 bridgehead atoms. The number of carbonyl (C=O) groups excluding carboxylic acids is 1. The lowest BCUT2D eigenvalue weighted by Crippen LogP contribution is -2.44. The van der Waals surface area contributed by atoms with Gasteiger partial charge in [0.2, 0.25) is 6.29 Å². The average molecular weight is 554 g/mol. The molecule has 0 saturated carbocycles. The normalized spacial score (nSPS) is 15.9. The van der Waals surface area contributed by atoms with Crippen LogP contribution in [0.15, 0.2) is 71.0 Å². The van der Waals surface area contributed by atoms with E-state index >= 15 is 0 Å². The topological polar surface area (TPSA) is 87.1 Å². The van der Waals surface area contributed by atoms with Crippen molar-refractivity contribution in [2.24, 2.45) is 15.8 Å². The molecule has 2 atom stereocenters. The Kier molecular flexibility index (Phi) is 8.48. The summed E-state index contributed by atoms with van der Waals surface area (Å²) in [7, 11) is 0. The maximum atomic E-state index is 13.0. The largest absolute Gasteiger partial charge is 0.486 e. The lowest BCUT2D eigenvalue weighted by atomic mass is 9.88. The van der Waals surface area contributed by atoms with Crippen molar-refractivity contribution in [2.45, 2.75) is 66.0 Å². The molecular formula is C30H34F3N5O2. The first-order chi connectivity index (χ1) is 18.8. The Morgan fingerprint density at radius 1 is 1.00 bits per heavy atom. The number of hydrogen-bond acceptors (Lipinski definition) is 6. The molecule has 3 aromatic rings. The van der Waals surface area contributed by atoms with Crippen molar-refractivity contribution in [3.05, 3.63) is 88.5 Å². The third-order valence-electron chi connectivity index (χ3n) is 6.68. The van der Waals surface area contributed by atoms with Crippen molar-refractivity contribution >= 4 is 5.91 Å². The highest BCUT2D eigenvalue weighted by atomic mass is 19.4. The molecule has 10 heteroatoms. The van der Waals surface area contributed by atoms with Gasteiger partial charge in [-0.15, -0.1) is 5.11 Å². The molecule has 1 aliphatic rings. The van der Waals surface area contributed by atoms with E-state index in [0.29, 0.717) is 11.3 Å². The molecular weight excluding hydrogens is 519 g/mol. The summed E-state index contributed by atoms with van der Waals surface area (Å²) in [5.41, 5.74) is 9.42. The van der Waals surface area contributed by atoms with Crippen LogP contribution < -0.4 is 21.0 Å². The van der Waals surface area contributed by atoms with Gasteiger partial charge < -0.3 is 10.1 Å². The van der Waals surface area contributed by atoms with Gasteiger partial charge in [0.15, 0.2) is 0 Å². The Balaban J connectivity index is 1.55. The molecule has 40 heavy (non-hydrogen) atoms. The summed E-state index contributed by atoms with van der Waals surface area (Å²) < 4.78 is 45.6. The number of rotatable bonds is 8. The summed E-state index contributed by atoms with van der Waals surface area (Å²) in [6.07, 6.45) is -3.60. The zero-order chi connectivity index (χ0) is 29.1. The molecule has 0 radical (unpaired) electrons. The van der Waals surface area contributed by atoms with Crippen molar-refractivity contribution < 1.29 is 22.7 Å². The van der Waals surface area contributed by atoms with Crippen LogP contribution >= 0.6 is 0 Å². The smallest absolute Gasteiger partial charge is 0.416 e. The molecule has 0 fully saturated rings. The predicted octanol–water partition coefficient (Wildman–Crippen LogP) is 7.42. The Bertz CT molecular complexity index is 1340. The number of aryl methyl sites for hydroxylation is 2. The Hall–Kier alpha value is -3.92. The van der Waals surface area contributed by atoms with Crippen LogP contribution in [0.3, 0.4) is 0 Å². The predicted molar refractivity (Wildman–Crippen MR) is 147 cm³/mol. The van der Waals surface area contributed by atoms with Crippen molar-refractivity contribution in [2.75, 3.05) is 0 Å². The fourth-order valence-electron chi connectivity index (χ4n) is 4.62. The SMILES string of the molecule is Cc1cc(OC(CCC(C)(C)C)c2ccc(C(=O)NC3N=NNN3)cc2)cc(C)c1-c1ccc(C(F)(F)F)cc1. The van der Waals surface area contributed by atoms with E-state index in [1.54, 1.807) is 12.1 Å². The summed E-state index contributed by atoms with van der Waals surface area (Å²) in [4.78, 5) is 12.6. The van der Waals surface area contributed by atoms with Gasteiger partial charge in [0.05, 0.1) is 5.56 Å². The van der Waals surface area contributed by atoms with E-state index < -0.39 is 18.0 Å². The molecule has 0 spiro atoms. The number of hydrogen-bond donors (Lipinski definition) is 3. The highest BCUT2D eigenvalue weighted by molar-refractivity contribution is 5.94. The van der Waals surface area contributed by atoms with E-state index in [2.05, 4.69) is 47.4 Å². The van der Waals surface area contributed by atoms with Gasteiger partial charge in [-0.1, -0.05) is 50.3 Å². The van der Waals surface area contributed by atoms with Crippen LogP contribution in [0.4, 0.5) is 13.2 Å². The molecule has 3 aromatic carbocycles. The Labute approximate surface area is 232 Å². The third-order valence-corrected chi connectivity index (χ3v) is 6.68. The van der Waals surface area contributed by atoms with Gasteiger partial charge in [-0.3, -0.25) is 4.79 Å². The van der Waals surface area contributed by atoms with Crippen LogP contribution in [0.25, 0.3) is 11.1 Å². The number of halogens is 3. The van der Waals surface area contributed by atoms with Gasteiger partial charge in [-0.25, -0.2) is 5.53 Å². The van der Waals surface area contributed by atoms with Gasteiger partial charge in [0, 0.05) is 5.56 Å². The van der Waals surface area contributed by atoms with Crippen molar-refractivity contribution in [1.29, 1.82) is 0 Å². The number of nitrogens with one attached hydrogen (secondary N) is 3. The van der Waals surface area contributed by atoms with Crippen LogP contribution in [-0.2, 0) is 6.18 Å². The molecule has 1 heterocycles. The first kappa shape index (κ1) is 29.1. The fourth-order valence-corrected chi connectivity index (χ4v) is 4.62. The molecule has 1 amide bonds. The van der Waals surface area contributed by atoms with Crippen molar-refractivity contribution in [3.8, 4) is 16.9 Å². The van der Waals surface area contributed by atoms with E-state index in [-0.39, 0.29) is 17.4 Å². The second-order valence-corrected chi connectivity index (χ2v) is 11.2. The quantitative estimate of drug-likeness (QED) is 0.271. The molecule has 2 unspecified atom stereocenters. The van der Waals surface area contributed by atoms with Crippen LogP contribution in [0.1, 0.15) is 72.3 Å². The van der Waals surface area contributed by atoms with Crippen LogP contribution in [0.5, 0.6) is 5.75 Å². The minimum absolute atomic E-state index is 0.0938. The highest BCUT2D eigenvalue weighted by Crippen LogP contribution is 2.37. The Morgan fingerprint density at radius 3 is 2.15 bits per heavy atom. The summed E-state index contributed by atoms with van der Waals surface area (Å²) in [5, 5.41) is 10.1. The molecule has 1 aliphatic heterocycles. The average Bonchev–Trinajstić information content (AvgIpc) is 3.38. The van der Waals surface area contributed by atoms with Gasteiger partial charge >= 0.3 is 6.18 Å². The molecule has 7 nitrogen and oxygen atoms in total. The Morgan fingerprint density at radius 2 is 1.62 bits per heavy atom.